The molecule has 3 rings (SSSR count). The second kappa shape index (κ2) is 5.20. The van der Waals surface area contributed by atoms with Gasteiger partial charge in [-0.05, 0) is 6.07 Å². The number of nitrogens with zero attached hydrogens (tertiary/aromatic N) is 4. The largest absolute Gasteiger partial charge is 0.483 e. The Balaban J connectivity index is 2.00. The molecule has 2 aromatic heterocycles. The van der Waals surface area contributed by atoms with Gasteiger partial charge in [-0.3, -0.25) is 9.67 Å². The van der Waals surface area contributed by atoms with Crippen molar-refractivity contribution in [3.63, 3.8) is 0 Å². The topological polar surface area (TPSA) is 90.1 Å². The van der Waals surface area contributed by atoms with Crippen LogP contribution in [0.25, 0.3) is 10.9 Å². The van der Waals surface area contributed by atoms with Crippen molar-refractivity contribution in [3.8, 4) is 5.75 Å². The third kappa shape index (κ3) is 2.40. The van der Waals surface area contributed by atoms with E-state index in [2.05, 4.69) is 15.1 Å². The third-order valence-electron chi connectivity index (χ3n) is 3.12. The van der Waals surface area contributed by atoms with Gasteiger partial charge in [0.2, 0.25) is 0 Å². The molecule has 0 radical (unpaired) electrons. The summed E-state index contributed by atoms with van der Waals surface area (Å²) in [4.78, 5) is 19.8. The van der Waals surface area contributed by atoms with Crippen LogP contribution in [0.4, 0.5) is 0 Å². The van der Waals surface area contributed by atoms with E-state index in [-0.39, 0.29) is 17.9 Å². The van der Waals surface area contributed by atoms with Gasteiger partial charge < -0.3 is 9.84 Å². The SMILES string of the molecule is Cn1ncnc1COc1cnc2ccccc2c1C(=O)O. The minimum absolute atomic E-state index is 0.0998. The number of ether oxygens (including phenoxy) is 1. The fraction of sp³-hybridized carbons (Fsp3) is 0.143. The quantitative estimate of drug-likeness (QED) is 0.783. The van der Waals surface area contributed by atoms with Gasteiger partial charge in [0.15, 0.2) is 11.6 Å². The van der Waals surface area contributed by atoms with Crippen LogP contribution in [-0.4, -0.2) is 30.8 Å². The van der Waals surface area contributed by atoms with E-state index in [1.807, 2.05) is 0 Å². The highest BCUT2D eigenvalue weighted by atomic mass is 16.5. The van der Waals surface area contributed by atoms with Crippen LogP contribution in [-0.2, 0) is 13.7 Å². The first kappa shape index (κ1) is 13.0. The van der Waals surface area contributed by atoms with Crippen LogP contribution in [0.2, 0.25) is 0 Å². The van der Waals surface area contributed by atoms with Crippen LogP contribution < -0.4 is 4.74 Å². The maximum Gasteiger partial charge on any atom is 0.340 e. The number of para-hydroxylation sites is 1. The summed E-state index contributed by atoms with van der Waals surface area (Å²) in [5.74, 6) is -0.245. The van der Waals surface area contributed by atoms with Gasteiger partial charge in [-0.15, -0.1) is 0 Å². The minimum atomic E-state index is -1.05. The predicted molar refractivity (Wildman–Crippen MR) is 74.0 cm³/mol. The molecule has 3 aromatic rings. The fourth-order valence-corrected chi connectivity index (χ4v) is 2.05. The lowest BCUT2D eigenvalue weighted by atomic mass is 10.1. The molecule has 7 heteroatoms. The minimum Gasteiger partial charge on any atom is -0.483 e. The monoisotopic (exact) mass is 284 g/mol. The molecule has 106 valence electrons. The second-order valence-electron chi connectivity index (χ2n) is 4.41. The number of benzene rings is 1. The molecule has 0 atom stereocenters. The van der Waals surface area contributed by atoms with Crippen molar-refractivity contribution in [2.24, 2.45) is 7.05 Å². The van der Waals surface area contributed by atoms with Crippen molar-refractivity contribution in [2.75, 3.05) is 0 Å². The molecule has 0 saturated carbocycles. The number of carbonyl (C=O) groups is 1. The lowest BCUT2D eigenvalue weighted by Crippen LogP contribution is -2.08. The molecule has 0 amide bonds. The summed E-state index contributed by atoms with van der Waals surface area (Å²) in [6.07, 6.45) is 2.83. The molecule has 0 aliphatic carbocycles. The molecule has 0 aliphatic rings. The molecule has 0 saturated heterocycles. The first-order chi connectivity index (χ1) is 10.2. The highest BCUT2D eigenvalue weighted by molar-refractivity contribution is 6.04. The molecule has 2 heterocycles. The Bertz CT molecular complexity index is 813. The van der Waals surface area contributed by atoms with Gasteiger partial charge in [-0.25, -0.2) is 9.78 Å². The van der Waals surface area contributed by atoms with E-state index in [4.69, 9.17) is 4.74 Å². The number of hydrogen-bond acceptors (Lipinski definition) is 5. The molecule has 1 aromatic carbocycles. The van der Waals surface area contributed by atoms with E-state index in [0.717, 1.165) is 0 Å². The van der Waals surface area contributed by atoms with Crippen LogP contribution in [0.5, 0.6) is 5.75 Å². The van der Waals surface area contributed by atoms with Gasteiger partial charge in [-0.2, -0.15) is 5.10 Å². The van der Waals surface area contributed by atoms with Crippen molar-refractivity contribution in [1.82, 2.24) is 19.7 Å². The number of carboxylic acid groups (broad SMARTS) is 1. The molecular weight excluding hydrogens is 272 g/mol. The van der Waals surface area contributed by atoms with Gasteiger partial charge in [-0.1, -0.05) is 18.2 Å². The highest BCUT2D eigenvalue weighted by Crippen LogP contribution is 2.26. The third-order valence-corrected chi connectivity index (χ3v) is 3.12. The zero-order valence-corrected chi connectivity index (χ0v) is 11.2. The maximum absolute atomic E-state index is 11.5. The molecular formula is C14H12N4O3. The number of fused-ring (bicyclic) bond motifs is 1. The number of aromatic carboxylic acids is 1. The molecule has 7 nitrogen and oxygen atoms in total. The number of hydrogen-bond donors (Lipinski definition) is 1. The summed E-state index contributed by atoms with van der Waals surface area (Å²) < 4.78 is 7.13. The normalized spacial score (nSPS) is 10.7. The van der Waals surface area contributed by atoms with Crippen LogP contribution in [0.3, 0.4) is 0 Å². The van der Waals surface area contributed by atoms with Crippen LogP contribution in [0, 0.1) is 0 Å². The molecule has 0 bridgehead atoms. The number of rotatable bonds is 4. The van der Waals surface area contributed by atoms with Crippen LogP contribution in [0.15, 0.2) is 36.8 Å². The number of pyridine rings is 1. The molecule has 0 unspecified atom stereocenters. The Morgan fingerprint density at radius 3 is 2.86 bits per heavy atom. The fourth-order valence-electron chi connectivity index (χ4n) is 2.05. The zero-order valence-electron chi connectivity index (χ0n) is 11.2. The molecule has 0 spiro atoms. The van der Waals surface area contributed by atoms with E-state index in [1.54, 1.807) is 36.0 Å². The van der Waals surface area contributed by atoms with Crippen LogP contribution in [0.1, 0.15) is 16.2 Å². The first-order valence-corrected chi connectivity index (χ1v) is 6.23. The van der Waals surface area contributed by atoms with E-state index in [1.165, 1.54) is 12.5 Å². The van der Waals surface area contributed by atoms with E-state index in [0.29, 0.717) is 16.7 Å². The Morgan fingerprint density at radius 2 is 2.14 bits per heavy atom. The van der Waals surface area contributed by atoms with Gasteiger partial charge in [0.25, 0.3) is 0 Å². The van der Waals surface area contributed by atoms with E-state index < -0.39 is 5.97 Å². The second-order valence-corrected chi connectivity index (χ2v) is 4.41. The summed E-state index contributed by atoms with van der Waals surface area (Å²) in [7, 11) is 1.74. The molecule has 0 fully saturated rings. The maximum atomic E-state index is 11.5. The van der Waals surface area contributed by atoms with Gasteiger partial charge in [0.1, 0.15) is 18.5 Å². The molecule has 0 aliphatic heterocycles. The van der Waals surface area contributed by atoms with Crippen molar-refractivity contribution in [1.29, 1.82) is 0 Å². The van der Waals surface area contributed by atoms with Crippen LogP contribution >= 0.6 is 0 Å². The van der Waals surface area contributed by atoms with E-state index in [9.17, 15) is 9.90 Å². The highest BCUT2D eigenvalue weighted by Gasteiger charge is 2.17. The Hall–Kier alpha value is -2.96. The molecule has 21 heavy (non-hydrogen) atoms. The number of aryl methyl sites for hydroxylation is 1. The summed E-state index contributed by atoms with van der Waals surface area (Å²) in [5.41, 5.74) is 0.712. The average molecular weight is 284 g/mol. The van der Waals surface area contributed by atoms with Crippen molar-refractivity contribution in [2.45, 2.75) is 6.61 Å². The first-order valence-electron chi connectivity index (χ1n) is 6.23. The predicted octanol–water partition coefficient (Wildman–Crippen LogP) is 1.64. The van der Waals surface area contributed by atoms with Gasteiger partial charge in [0, 0.05) is 12.4 Å². The van der Waals surface area contributed by atoms with Gasteiger partial charge >= 0.3 is 5.97 Å². The van der Waals surface area contributed by atoms with Crippen molar-refractivity contribution < 1.29 is 14.6 Å². The van der Waals surface area contributed by atoms with Crippen molar-refractivity contribution >= 4 is 16.9 Å². The number of carboxylic acids is 1. The Morgan fingerprint density at radius 1 is 1.33 bits per heavy atom. The summed E-state index contributed by atoms with van der Waals surface area (Å²) in [6.45, 7) is 0.122. The average Bonchev–Trinajstić information content (AvgIpc) is 2.89. The Kier molecular flexibility index (Phi) is 3.23. The van der Waals surface area contributed by atoms with E-state index >= 15 is 0 Å². The standard InChI is InChI=1S/C14H12N4O3/c1-18-12(16-8-17-18)7-21-11-6-15-10-5-3-2-4-9(10)13(11)14(19)20/h2-6,8H,7H2,1H3,(H,19,20). The zero-order chi connectivity index (χ0) is 14.8. The van der Waals surface area contributed by atoms with Crippen molar-refractivity contribution in [3.05, 3.63) is 48.2 Å². The Labute approximate surface area is 119 Å². The van der Waals surface area contributed by atoms with Gasteiger partial charge in [0.05, 0.1) is 11.7 Å². The summed E-state index contributed by atoms with van der Waals surface area (Å²) >= 11 is 0. The smallest absolute Gasteiger partial charge is 0.340 e. The number of aromatic nitrogens is 4. The lowest BCUT2D eigenvalue weighted by molar-refractivity contribution is 0.0693. The molecule has 1 N–H and O–H groups in total. The lowest BCUT2D eigenvalue weighted by Gasteiger charge is -2.10. The summed E-state index contributed by atoms with van der Waals surface area (Å²) in [5, 5.41) is 13.9. The summed E-state index contributed by atoms with van der Waals surface area (Å²) in [6, 6.07) is 7.04.